The first-order chi connectivity index (χ1) is 15.4. The van der Waals surface area contributed by atoms with Crippen LogP contribution in [0.25, 0.3) is 16.0 Å². The van der Waals surface area contributed by atoms with E-state index < -0.39 is 0 Å². The molecule has 0 spiro atoms. The van der Waals surface area contributed by atoms with E-state index >= 15 is 0 Å². The number of thiazole rings is 1. The summed E-state index contributed by atoms with van der Waals surface area (Å²) in [7, 11) is 0. The molecule has 2 aromatic heterocycles. The van der Waals surface area contributed by atoms with Gasteiger partial charge in [0.2, 0.25) is 0 Å². The number of halogens is 1. The number of benzene rings is 2. The van der Waals surface area contributed by atoms with Crippen molar-refractivity contribution in [3.63, 3.8) is 0 Å². The van der Waals surface area contributed by atoms with Crippen molar-refractivity contribution < 1.29 is 9.18 Å². The summed E-state index contributed by atoms with van der Waals surface area (Å²) in [5, 5.41) is 5.52. The van der Waals surface area contributed by atoms with E-state index in [2.05, 4.69) is 16.1 Å². The Kier molecular flexibility index (Phi) is 5.17. The highest BCUT2D eigenvalue weighted by molar-refractivity contribution is 7.22. The second kappa shape index (κ2) is 8.02. The van der Waals surface area contributed by atoms with E-state index in [9.17, 15) is 9.18 Å². The maximum Gasteiger partial charge on any atom is 0.253 e. The monoisotopic (exact) mass is 449 g/mol. The van der Waals surface area contributed by atoms with Crippen molar-refractivity contribution in [2.75, 3.05) is 31.1 Å². The molecule has 32 heavy (non-hydrogen) atoms. The van der Waals surface area contributed by atoms with E-state index in [1.54, 1.807) is 28.2 Å². The quantitative estimate of drug-likeness (QED) is 0.462. The van der Waals surface area contributed by atoms with Gasteiger partial charge in [-0.1, -0.05) is 28.5 Å². The molecule has 1 amide bonds. The van der Waals surface area contributed by atoms with Crippen LogP contribution in [-0.2, 0) is 0 Å². The normalized spacial score (nSPS) is 14.4. The molecule has 0 atom stereocenters. The molecule has 6 nitrogen and oxygen atoms in total. The Morgan fingerprint density at radius 3 is 2.28 bits per heavy atom. The fourth-order valence-corrected chi connectivity index (χ4v) is 5.24. The summed E-state index contributed by atoms with van der Waals surface area (Å²) in [6, 6.07) is 12.3. The molecular weight excluding hydrogens is 425 g/mol. The van der Waals surface area contributed by atoms with Crippen molar-refractivity contribution in [2.45, 2.75) is 20.8 Å². The Balaban J connectivity index is 1.34. The molecule has 1 saturated heterocycles. The minimum absolute atomic E-state index is 0.0866. The van der Waals surface area contributed by atoms with Gasteiger partial charge in [-0.3, -0.25) is 4.79 Å². The largest absolute Gasteiger partial charge is 0.344 e. The fraction of sp³-hybridized carbons (Fsp3) is 0.292. The lowest BCUT2D eigenvalue weighted by Gasteiger charge is -2.34. The minimum atomic E-state index is -0.277. The van der Waals surface area contributed by atoms with Crippen molar-refractivity contribution in [3.8, 4) is 5.69 Å². The van der Waals surface area contributed by atoms with Crippen molar-refractivity contribution in [3.05, 3.63) is 70.7 Å². The number of aryl methyl sites for hydroxylation is 3. The summed E-state index contributed by atoms with van der Waals surface area (Å²) in [4.78, 5) is 22.0. The van der Waals surface area contributed by atoms with Crippen LogP contribution >= 0.6 is 11.3 Å². The average Bonchev–Trinajstić information content (AvgIpc) is 3.34. The topological polar surface area (TPSA) is 54.3 Å². The molecule has 1 aliphatic rings. The van der Waals surface area contributed by atoms with Gasteiger partial charge >= 0.3 is 0 Å². The second-order valence-corrected chi connectivity index (χ2v) is 9.26. The summed E-state index contributed by atoms with van der Waals surface area (Å²) in [5.41, 5.74) is 5.43. The van der Waals surface area contributed by atoms with Crippen molar-refractivity contribution in [1.82, 2.24) is 19.7 Å². The Bertz CT molecular complexity index is 1280. The van der Waals surface area contributed by atoms with Crippen molar-refractivity contribution in [1.29, 1.82) is 0 Å². The van der Waals surface area contributed by atoms with Crippen LogP contribution in [0, 0.1) is 26.6 Å². The van der Waals surface area contributed by atoms with Crippen LogP contribution in [0.2, 0.25) is 0 Å². The van der Waals surface area contributed by atoms with E-state index in [1.807, 2.05) is 37.8 Å². The highest BCUT2D eigenvalue weighted by Gasteiger charge is 2.25. The van der Waals surface area contributed by atoms with E-state index in [0.29, 0.717) is 13.1 Å². The van der Waals surface area contributed by atoms with Gasteiger partial charge in [0.25, 0.3) is 5.91 Å². The molecule has 4 aromatic rings. The Morgan fingerprint density at radius 1 is 0.969 bits per heavy atom. The number of fused-ring (bicyclic) bond motifs is 1. The molecular formula is C24H24FN5OS. The Hall–Kier alpha value is -3.26. The number of carbonyl (C=O) groups excluding carboxylic acids is 1. The van der Waals surface area contributed by atoms with Gasteiger partial charge in [0.05, 0.1) is 16.1 Å². The number of hydrogen-bond acceptors (Lipinski definition) is 5. The molecule has 0 N–H and O–H groups in total. The maximum atomic E-state index is 13.3. The highest BCUT2D eigenvalue weighted by Crippen LogP contribution is 2.33. The first kappa shape index (κ1) is 20.6. The third-order valence-corrected chi connectivity index (χ3v) is 6.97. The van der Waals surface area contributed by atoms with Crippen LogP contribution in [0.4, 0.5) is 9.52 Å². The molecule has 0 aliphatic carbocycles. The molecule has 0 radical (unpaired) electrons. The molecule has 3 heterocycles. The van der Waals surface area contributed by atoms with Crippen LogP contribution in [-0.4, -0.2) is 51.8 Å². The summed E-state index contributed by atoms with van der Waals surface area (Å²) in [6.45, 7) is 8.78. The number of carbonyl (C=O) groups is 1. The molecule has 0 unspecified atom stereocenters. The molecule has 5 rings (SSSR count). The smallest absolute Gasteiger partial charge is 0.253 e. The lowest BCUT2D eigenvalue weighted by molar-refractivity contribution is 0.0746. The van der Waals surface area contributed by atoms with Crippen molar-refractivity contribution >= 4 is 32.7 Å². The summed E-state index contributed by atoms with van der Waals surface area (Å²) in [5.74, 6) is -0.190. The van der Waals surface area contributed by atoms with Gasteiger partial charge in [0.15, 0.2) is 10.8 Å². The van der Waals surface area contributed by atoms with Crippen LogP contribution in [0.15, 0.2) is 42.5 Å². The zero-order valence-electron chi connectivity index (χ0n) is 18.3. The molecule has 164 valence electrons. The van der Waals surface area contributed by atoms with Gasteiger partial charge in [-0.15, -0.1) is 0 Å². The van der Waals surface area contributed by atoms with Gasteiger partial charge in [0, 0.05) is 31.7 Å². The number of aromatic nitrogens is 3. The maximum absolute atomic E-state index is 13.3. The molecule has 1 aliphatic heterocycles. The van der Waals surface area contributed by atoms with Gasteiger partial charge < -0.3 is 9.80 Å². The van der Waals surface area contributed by atoms with E-state index in [0.717, 1.165) is 56.6 Å². The third kappa shape index (κ3) is 3.75. The highest BCUT2D eigenvalue weighted by atomic mass is 32.1. The predicted molar refractivity (Wildman–Crippen MR) is 125 cm³/mol. The lowest BCUT2D eigenvalue weighted by atomic mass is 10.1. The first-order valence-electron chi connectivity index (χ1n) is 10.6. The van der Waals surface area contributed by atoms with Crippen LogP contribution in [0.3, 0.4) is 0 Å². The molecule has 8 heteroatoms. The molecule has 1 fully saturated rings. The Labute approximate surface area is 189 Å². The lowest BCUT2D eigenvalue weighted by Crippen LogP contribution is -2.48. The summed E-state index contributed by atoms with van der Waals surface area (Å²) < 4.78 is 16.1. The van der Waals surface area contributed by atoms with Crippen molar-refractivity contribution in [2.24, 2.45) is 0 Å². The van der Waals surface area contributed by atoms with Gasteiger partial charge in [-0.2, -0.15) is 10.1 Å². The zero-order chi connectivity index (χ0) is 22.4. The number of amides is 1. The first-order valence-corrected chi connectivity index (χ1v) is 11.5. The number of piperazine rings is 1. The number of nitrogens with zero attached hydrogens (tertiary/aromatic N) is 5. The average molecular weight is 450 g/mol. The van der Waals surface area contributed by atoms with Gasteiger partial charge in [-0.25, -0.2) is 9.07 Å². The van der Waals surface area contributed by atoms with E-state index in [1.165, 1.54) is 12.1 Å². The van der Waals surface area contributed by atoms with Gasteiger partial charge in [0.1, 0.15) is 5.82 Å². The zero-order valence-corrected chi connectivity index (χ0v) is 19.1. The van der Waals surface area contributed by atoms with Gasteiger partial charge in [-0.05, 0) is 57.2 Å². The van der Waals surface area contributed by atoms with Crippen LogP contribution in [0.1, 0.15) is 27.2 Å². The summed E-state index contributed by atoms with van der Waals surface area (Å²) >= 11 is 1.61. The van der Waals surface area contributed by atoms with Crippen LogP contribution in [0.5, 0.6) is 0 Å². The second-order valence-electron chi connectivity index (χ2n) is 8.28. The Morgan fingerprint density at radius 2 is 1.62 bits per heavy atom. The predicted octanol–water partition coefficient (Wildman–Crippen LogP) is 4.51. The SMILES string of the molecule is Cc1cc(C)cc(C(=O)N2CCN(c3nc4c(s3)c(C)nn4-c3ccc(F)cc3)CC2)c1. The molecule has 2 aromatic carbocycles. The number of rotatable bonds is 3. The standard InChI is InChI=1S/C24H24FN5OS/c1-15-12-16(2)14-18(13-15)23(31)28-8-10-29(11-9-28)24-26-22-21(32-24)17(3)27-30(22)20-6-4-19(25)5-7-20/h4-7,12-14H,8-11H2,1-3H3. The van der Waals surface area contributed by atoms with E-state index in [-0.39, 0.29) is 11.7 Å². The fourth-order valence-electron chi connectivity index (χ4n) is 4.20. The third-order valence-electron chi connectivity index (χ3n) is 5.75. The molecule has 0 bridgehead atoms. The number of anilines is 1. The van der Waals surface area contributed by atoms with E-state index in [4.69, 9.17) is 4.98 Å². The number of hydrogen-bond donors (Lipinski definition) is 0. The van der Waals surface area contributed by atoms with Crippen LogP contribution < -0.4 is 4.90 Å². The summed E-state index contributed by atoms with van der Waals surface area (Å²) in [6.07, 6.45) is 0. The molecule has 0 saturated carbocycles. The minimum Gasteiger partial charge on any atom is -0.344 e.